The number of piperidine rings is 1. The normalized spacial score (nSPS) is 17.4. The van der Waals surface area contributed by atoms with Crippen LogP contribution in [0.1, 0.15) is 24.0 Å². The summed E-state index contributed by atoms with van der Waals surface area (Å²) in [6.45, 7) is 2.80. The first-order valence-corrected chi connectivity index (χ1v) is 12.3. The molecular formula is C27H27Cl2FN2O5. The summed E-state index contributed by atoms with van der Waals surface area (Å²) in [7, 11) is 2.09. The van der Waals surface area contributed by atoms with Crippen LogP contribution in [-0.4, -0.2) is 64.5 Å². The van der Waals surface area contributed by atoms with Gasteiger partial charge >= 0.3 is 11.9 Å². The molecule has 1 fully saturated rings. The Kier molecular flexibility index (Phi) is 9.48. The van der Waals surface area contributed by atoms with Gasteiger partial charge in [-0.1, -0.05) is 41.4 Å². The molecule has 2 aromatic carbocycles. The van der Waals surface area contributed by atoms with E-state index in [1.165, 1.54) is 12.1 Å². The average Bonchev–Trinajstić information content (AvgIpc) is 3.19. The van der Waals surface area contributed by atoms with E-state index in [0.29, 0.717) is 35.3 Å². The summed E-state index contributed by atoms with van der Waals surface area (Å²) >= 11 is 12.2. The lowest BCUT2D eigenvalue weighted by atomic mass is 9.67. The van der Waals surface area contributed by atoms with Gasteiger partial charge in [0, 0.05) is 46.3 Å². The van der Waals surface area contributed by atoms with Gasteiger partial charge in [-0.05, 0) is 74.4 Å². The molecule has 2 aliphatic rings. The minimum atomic E-state index is -1.26. The van der Waals surface area contributed by atoms with Crippen molar-refractivity contribution in [1.82, 2.24) is 9.80 Å². The van der Waals surface area contributed by atoms with Gasteiger partial charge in [0.2, 0.25) is 0 Å². The van der Waals surface area contributed by atoms with Crippen molar-refractivity contribution < 1.29 is 29.0 Å². The van der Waals surface area contributed by atoms with Crippen LogP contribution in [0.4, 0.5) is 4.39 Å². The fourth-order valence-electron chi connectivity index (χ4n) is 4.63. The maximum absolute atomic E-state index is 13.5. The third-order valence-corrected chi connectivity index (χ3v) is 6.89. The van der Waals surface area contributed by atoms with E-state index in [1.807, 2.05) is 35.2 Å². The number of amides is 1. The van der Waals surface area contributed by atoms with Crippen LogP contribution in [0.5, 0.6) is 0 Å². The molecule has 10 heteroatoms. The molecule has 2 heterocycles. The molecule has 1 saturated heterocycles. The van der Waals surface area contributed by atoms with E-state index in [9.17, 15) is 18.8 Å². The molecule has 0 bridgehead atoms. The number of aliphatic carboxylic acids is 2. The van der Waals surface area contributed by atoms with E-state index in [2.05, 4.69) is 11.9 Å². The van der Waals surface area contributed by atoms with Crippen LogP contribution >= 0.6 is 23.2 Å². The molecule has 0 unspecified atom stereocenters. The Labute approximate surface area is 224 Å². The molecule has 2 aromatic rings. The molecule has 7 nitrogen and oxygen atoms in total. The van der Waals surface area contributed by atoms with Crippen molar-refractivity contribution in [2.75, 3.05) is 26.7 Å². The zero-order valence-corrected chi connectivity index (χ0v) is 21.7. The predicted molar refractivity (Wildman–Crippen MR) is 139 cm³/mol. The lowest BCUT2D eigenvalue weighted by Crippen LogP contribution is -2.44. The maximum Gasteiger partial charge on any atom is 0.328 e. The van der Waals surface area contributed by atoms with Crippen LogP contribution in [0.2, 0.25) is 10.0 Å². The fourth-order valence-corrected chi connectivity index (χ4v) is 5.20. The molecule has 0 aliphatic carbocycles. The zero-order chi connectivity index (χ0) is 27.2. The monoisotopic (exact) mass is 548 g/mol. The minimum absolute atomic E-state index is 0.0370. The number of nitrogens with zero attached hydrogens (tertiary/aromatic N) is 2. The summed E-state index contributed by atoms with van der Waals surface area (Å²) in [4.78, 5) is 36.6. The molecule has 0 radical (unpaired) electrons. The molecule has 1 amide bonds. The van der Waals surface area contributed by atoms with Crippen molar-refractivity contribution >= 4 is 41.0 Å². The number of carbonyl (C=O) groups is 3. The Morgan fingerprint density at radius 2 is 1.54 bits per heavy atom. The summed E-state index contributed by atoms with van der Waals surface area (Å²) < 4.78 is 13.5. The van der Waals surface area contributed by atoms with Gasteiger partial charge in [-0.15, -0.1) is 0 Å². The fraction of sp³-hybridized carbons (Fsp3) is 0.296. The highest BCUT2D eigenvalue weighted by molar-refractivity contribution is 6.34. The van der Waals surface area contributed by atoms with Crippen LogP contribution in [0.15, 0.2) is 66.3 Å². The Balaban J connectivity index is 0.000000414. The van der Waals surface area contributed by atoms with E-state index in [4.69, 9.17) is 33.4 Å². The van der Waals surface area contributed by atoms with Gasteiger partial charge in [0.25, 0.3) is 5.91 Å². The number of likely N-dealkylation sites (tertiary alicyclic amines) is 1. The Morgan fingerprint density at radius 1 is 1.00 bits per heavy atom. The summed E-state index contributed by atoms with van der Waals surface area (Å²) in [5.41, 5.74) is 2.37. The molecule has 2 aliphatic heterocycles. The van der Waals surface area contributed by atoms with Crippen molar-refractivity contribution in [3.63, 3.8) is 0 Å². The molecule has 0 spiro atoms. The lowest BCUT2D eigenvalue weighted by Gasteiger charge is -2.42. The SMILES string of the molecule is CN1CCC(C2=CCN(Cc3cc(Cl)cc(Cl)c3)C2=O)(c2ccc(F)cc2)CC1.O=C(O)/C=C/C(=O)O. The van der Waals surface area contributed by atoms with Gasteiger partial charge in [0.1, 0.15) is 5.82 Å². The summed E-state index contributed by atoms with van der Waals surface area (Å²) in [5.74, 6) is -2.74. The van der Waals surface area contributed by atoms with Gasteiger partial charge in [-0.2, -0.15) is 0 Å². The second-order valence-electron chi connectivity index (χ2n) is 8.98. The third-order valence-electron chi connectivity index (χ3n) is 6.45. The molecule has 4 rings (SSSR count). The van der Waals surface area contributed by atoms with Gasteiger partial charge in [0.15, 0.2) is 0 Å². The molecule has 2 N–H and O–H groups in total. The largest absolute Gasteiger partial charge is 0.478 e. The highest BCUT2D eigenvalue weighted by Crippen LogP contribution is 2.44. The van der Waals surface area contributed by atoms with E-state index in [-0.39, 0.29) is 17.1 Å². The van der Waals surface area contributed by atoms with Gasteiger partial charge in [0.05, 0.1) is 0 Å². The highest BCUT2D eigenvalue weighted by Gasteiger charge is 2.44. The Bertz CT molecular complexity index is 1190. The van der Waals surface area contributed by atoms with Crippen molar-refractivity contribution in [1.29, 1.82) is 0 Å². The van der Waals surface area contributed by atoms with Crippen LogP contribution in [0.3, 0.4) is 0 Å². The molecule has 0 atom stereocenters. The first-order chi connectivity index (χ1) is 17.5. The van der Waals surface area contributed by atoms with Crippen molar-refractivity contribution in [2.45, 2.75) is 24.8 Å². The molecule has 37 heavy (non-hydrogen) atoms. The van der Waals surface area contributed by atoms with E-state index >= 15 is 0 Å². The van der Waals surface area contributed by atoms with Crippen molar-refractivity contribution in [2.24, 2.45) is 0 Å². The first-order valence-electron chi connectivity index (χ1n) is 11.5. The number of carbonyl (C=O) groups excluding carboxylic acids is 1. The number of rotatable bonds is 6. The average molecular weight is 549 g/mol. The highest BCUT2D eigenvalue weighted by atomic mass is 35.5. The zero-order valence-electron chi connectivity index (χ0n) is 20.2. The van der Waals surface area contributed by atoms with Crippen LogP contribution < -0.4 is 0 Å². The first kappa shape index (κ1) is 28.4. The Hall–Kier alpha value is -3.20. The molecular weight excluding hydrogens is 522 g/mol. The molecule has 0 saturated carbocycles. The number of halogens is 3. The van der Waals surface area contributed by atoms with Gasteiger partial charge < -0.3 is 20.0 Å². The number of hydrogen-bond acceptors (Lipinski definition) is 4. The molecule has 196 valence electrons. The smallest absolute Gasteiger partial charge is 0.328 e. The summed E-state index contributed by atoms with van der Waals surface area (Å²) in [5, 5.41) is 16.7. The van der Waals surface area contributed by atoms with Crippen molar-refractivity contribution in [3.8, 4) is 0 Å². The van der Waals surface area contributed by atoms with E-state index in [0.717, 1.165) is 42.6 Å². The second kappa shape index (κ2) is 12.4. The van der Waals surface area contributed by atoms with Gasteiger partial charge in [-0.25, -0.2) is 14.0 Å². The van der Waals surface area contributed by atoms with Crippen LogP contribution in [0, 0.1) is 5.82 Å². The number of hydrogen-bond donors (Lipinski definition) is 2. The van der Waals surface area contributed by atoms with E-state index in [1.54, 1.807) is 6.07 Å². The van der Waals surface area contributed by atoms with Crippen LogP contribution in [0.25, 0.3) is 0 Å². The van der Waals surface area contributed by atoms with Gasteiger partial charge in [-0.3, -0.25) is 4.79 Å². The summed E-state index contributed by atoms with van der Waals surface area (Å²) in [6, 6.07) is 12.0. The number of benzene rings is 2. The lowest BCUT2D eigenvalue weighted by molar-refractivity contribution is -0.134. The quantitative estimate of drug-likeness (QED) is 0.504. The predicted octanol–water partition coefficient (Wildman–Crippen LogP) is 4.78. The molecule has 0 aromatic heterocycles. The Morgan fingerprint density at radius 3 is 2.05 bits per heavy atom. The number of carboxylic acid groups (broad SMARTS) is 2. The van der Waals surface area contributed by atoms with E-state index < -0.39 is 11.9 Å². The second-order valence-corrected chi connectivity index (χ2v) is 9.86. The van der Waals surface area contributed by atoms with Crippen LogP contribution in [-0.2, 0) is 26.3 Å². The van der Waals surface area contributed by atoms with Crippen molar-refractivity contribution in [3.05, 3.63) is 93.3 Å². The summed E-state index contributed by atoms with van der Waals surface area (Å²) in [6.07, 6.45) is 4.83. The minimum Gasteiger partial charge on any atom is -0.478 e. The standard InChI is InChI=1S/C23H23Cl2FN2O.C4H4O4/c1-27-10-7-23(8-11-27,17-2-4-20(26)5-3-17)21-6-9-28(22(21)29)15-16-12-18(24)14-19(25)13-16;5-3(6)1-2-4(7)8/h2-6,12-14H,7-11,15H2,1H3;1-2H,(H,5,6)(H,7,8)/b;2-1+. The third kappa shape index (κ3) is 7.41. The number of carboxylic acids is 2. The topological polar surface area (TPSA) is 98.2 Å². The maximum atomic E-state index is 13.5.